The zero-order valence-corrected chi connectivity index (χ0v) is 10.4. The molecule has 0 saturated heterocycles. The number of hydrogen-bond acceptors (Lipinski definition) is 3. The third-order valence-corrected chi connectivity index (χ3v) is 3.61. The summed E-state index contributed by atoms with van der Waals surface area (Å²) in [6, 6.07) is 3.60. The Kier molecular flexibility index (Phi) is 3.31. The van der Waals surface area contributed by atoms with Crippen LogP contribution in [0.25, 0.3) is 0 Å². The monoisotopic (exact) mass is 233 g/mol. The maximum absolute atomic E-state index is 11.9. The van der Waals surface area contributed by atoms with Gasteiger partial charge < -0.3 is 10.6 Å². The number of anilines is 1. The Morgan fingerprint density at radius 1 is 1.53 bits per heavy atom. The fraction of sp³-hybridized carbons (Fsp3) is 0.538. The Morgan fingerprint density at radius 3 is 2.88 bits per heavy atom. The van der Waals surface area contributed by atoms with Gasteiger partial charge in [0.05, 0.1) is 0 Å². The lowest BCUT2D eigenvalue weighted by Gasteiger charge is -2.13. The van der Waals surface area contributed by atoms with Gasteiger partial charge in [-0.05, 0) is 36.8 Å². The van der Waals surface area contributed by atoms with E-state index in [-0.39, 0.29) is 5.91 Å². The van der Waals surface area contributed by atoms with Crippen LogP contribution in [-0.4, -0.2) is 24.5 Å². The average Bonchev–Trinajstić information content (AvgIpc) is 3.17. The van der Waals surface area contributed by atoms with E-state index in [0.29, 0.717) is 11.1 Å². The van der Waals surface area contributed by atoms with Crippen molar-refractivity contribution in [3.8, 4) is 0 Å². The minimum atomic E-state index is -0.0816. The number of aromatic nitrogens is 1. The summed E-state index contributed by atoms with van der Waals surface area (Å²) in [5.74, 6) is -0.0816. The second-order valence-corrected chi connectivity index (χ2v) is 4.72. The molecule has 0 atom stereocenters. The fourth-order valence-electron chi connectivity index (χ4n) is 1.90. The van der Waals surface area contributed by atoms with Crippen LogP contribution in [0.3, 0.4) is 0 Å². The summed E-state index contributed by atoms with van der Waals surface area (Å²) in [6.07, 6.45) is 5.24. The van der Waals surface area contributed by atoms with Crippen LogP contribution in [0.1, 0.15) is 36.7 Å². The van der Waals surface area contributed by atoms with E-state index in [1.54, 1.807) is 12.3 Å². The number of nitrogens with zero attached hydrogens (tertiary/aromatic N) is 1. The first-order valence-corrected chi connectivity index (χ1v) is 6.11. The van der Waals surface area contributed by atoms with E-state index in [9.17, 15) is 4.79 Å². The van der Waals surface area contributed by atoms with Gasteiger partial charge in [0.2, 0.25) is 0 Å². The first-order chi connectivity index (χ1) is 8.19. The van der Waals surface area contributed by atoms with E-state index in [0.717, 1.165) is 18.7 Å². The van der Waals surface area contributed by atoms with E-state index in [4.69, 9.17) is 0 Å². The van der Waals surface area contributed by atoms with Gasteiger partial charge in [-0.2, -0.15) is 0 Å². The number of carbonyl (C=O) groups is 1. The molecule has 1 fully saturated rings. The van der Waals surface area contributed by atoms with Crippen molar-refractivity contribution in [1.82, 2.24) is 10.3 Å². The van der Waals surface area contributed by atoms with Crippen molar-refractivity contribution in [3.05, 3.63) is 24.0 Å². The van der Waals surface area contributed by atoms with Crippen molar-refractivity contribution in [2.24, 2.45) is 5.41 Å². The minimum Gasteiger partial charge on any atom is -0.388 e. The normalized spacial score (nSPS) is 16.4. The van der Waals surface area contributed by atoms with Gasteiger partial charge >= 0.3 is 0 Å². The number of amides is 1. The summed E-state index contributed by atoms with van der Waals surface area (Å²) in [6.45, 7) is 2.95. The number of carbonyl (C=O) groups excluding carboxylic acids is 1. The van der Waals surface area contributed by atoms with Gasteiger partial charge in [0, 0.05) is 25.5 Å². The van der Waals surface area contributed by atoms with Gasteiger partial charge in [-0.15, -0.1) is 0 Å². The molecule has 17 heavy (non-hydrogen) atoms. The Bertz CT molecular complexity index is 413. The van der Waals surface area contributed by atoms with Crippen LogP contribution in [0.15, 0.2) is 18.3 Å². The second kappa shape index (κ2) is 4.73. The van der Waals surface area contributed by atoms with E-state index in [1.807, 2.05) is 13.1 Å². The molecule has 0 spiro atoms. The van der Waals surface area contributed by atoms with E-state index in [2.05, 4.69) is 22.5 Å². The molecular weight excluding hydrogens is 214 g/mol. The summed E-state index contributed by atoms with van der Waals surface area (Å²) < 4.78 is 0. The molecule has 0 radical (unpaired) electrons. The molecule has 2 N–H and O–H groups in total. The van der Waals surface area contributed by atoms with Crippen LogP contribution in [0.4, 0.5) is 5.69 Å². The zero-order valence-electron chi connectivity index (χ0n) is 10.4. The maximum atomic E-state index is 11.9. The topological polar surface area (TPSA) is 54.0 Å². The Hall–Kier alpha value is -1.58. The Labute approximate surface area is 102 Å². The molecule has 0 aromatic carbocycles. The van der Waals surface area contributed by atoms with Gasteiger partial charge in [-0.1, -0.05) is 6.92 Å². The first kappa shape index (κ1) is 11.9. The second-order valence-electron chi connectivity index (χ2n) is 4.72. The number of nitrogens with one attached hydrogen (secondary N) is 2. The molecule has 1 aliphatic rings. The largest absolute Gasteiger partial charge is 0.388 e. The molecule has 1 amide bonds. The standard InChI is InChI=1S/C13H19N3O/c1-3-13(5-6-13)9-16-12(17)11-8-10(14-2)4-7-15-11/h4,7-8H,3,5-6,9H2,1-2H3,(H,14,15)(H,16,17). The highest BCUT2D eigenvalue weighted by Gasteiger charge is 2.40. The van der Waals surface area contributed by atoms with E-state index in [1.165, 1.54) is 12.8 Å². The van der Waals surface area contributed by atoms with Crippen LogP contribution in [0.5, 0.6) is 0 Å². The first-order valence-electron chi connectivity index (χ1n) is 6.11. The highest BCUT2D eigenvalue weighted by atomic mass is 16.1. The SMILES string of the molecule is CCC1(CNC(=O)c2cc(NC)ccn2)CC1. The van der Waals surface area contributed by atoms with Gasteiger partial charge in [0.15, 0.2) is 0 Å². The molecule has 1 heterocycles. The zero-order chi connectivity index (χ0) is 12.3. The molecule has 0 bridgehead atoms. The van der Waals surface area contributed by atoms with Gasteiger partial charge in [-0.3, -0.25) is 9.78 Å². The molecule has 1 aromatic heterocycles. The van der Waals surface area contributed by atoms with Gasteiger partial charge in [0.25, 0.3) is 5.91 Å². The quantitative estimate of drug-likeness (QED) is 0.818. The number of pyridine rings is 1. The lowest BCUT2D eigenvalue weighted by Crippen LogP contribution is -2.30. The number of rotatable bonds is 5. The van der Waals surface area contributed by atoms with Crippen molar-refractivity contribution in [2.45, 2.75) is 26.2 Å². The van der Waals surface area contributed by atoms with Crippen LogP contribution in [-0.2, 0) is 0 Å². The van der Waals surface area contributed by atoms with Gasteiger partial charge in [-0.25, -0.2) is 0 Å². The molecule has 4 nitrogen and oxygen atoms in total. The molecule has 1 aromatic rings. The van der Waals surface area contributed by atoms with Crippen molar-refractivity contribution >= 4 is 11.6 Å². The summed E-state index contributed by atoms with van der Waals surface area (Å²) in [4.78, 5) is 16.0. The third kappa shape index (κ3) is 2.75. The highest BCUT2D eigenvalue weighted by molar-refractivity contribution is 5.93. The van der Waals surface area contributed by atoms with Crippen molar-refractivity contribution in [1.29, 1.82) is 0 Å². The molecule has 0 aliphatic heterocycles. The minimum absolute atomic E-state index is 0.0816. The molecule has 1 aliphatic carbocycles. The van der Waals surface area contributed by atoms with Crippen LogP contribution in [0.2, 0.25) is 0 Å². The summed E-state index contributed by atoms with van der Waals surface area (Å²) in [5, 5.41) is 5.97. The lowest BCUT2D eigenvalue weighted by atomic mass is 10.0. The Balaban J connectivity index is 1.95. The molecule has 1 saturated carbocycles. The molecular formula is C13H19N3O. The van der Waals surface area contributed by atoms with Crippen LogP contribution >= 0.6 is 0 Å². The van der Waals surface area contributed by atoms with E-state index < -0.39 is 0 Å². The predicted molar refractivity (Wildman–Crippen MR) is 68.1 cm³/mol. The van der Waals surface area contributed by atoms with Crippen LogP contribution in [0, 0.1) is 5.41 Å². The molecule has 0 unspecified atom stereocenters. The molecule has 4 heteroatoms. The fourth-order valence-corrected chi connectivity index (χ4v) is 1.90. The lowest BCUT2D eigenvalue weighted by molar-refractivity contribution is 0.0939. The molecule has 2 rings (SSSR count). The predicted octanol–water partition coefficient (Wildman–Crippen LogP) is 2.04. The smallest absolute Gasteiger partial charge is 0.269 e. The van der Waals surface area contributed by atoms with Crippen molar-refractivity contribution in [3.63, 3.8) is 0 Å². The number of hydrogen-bond donors (Lipinski definition) is 2. The van der Waals surface area contributed by atoms with Crippen molar-refractivity contribution < 1.29 is 4.79 Å². The summed E-state index contributed by atoms with van der Waals surface area (Å²) >= 11 is 0. The Morgan fingerprint density at radius 2 is 2.29 bits per heavy atom. The van der Waals surface area contributed by atoms with E-state index >= 15 is 0 Å². The average molecular weight is 233 g/mol. The van der Waals surface area contributed by atoms with Crippen molar-refractivity contribution in [2.75, 3.05) is 18.9 Å². The molecule has 92 valence electrons. The van der Waals surface area contributed by atoms with Crippen LogP contribution < -0.4 is 10.6 Å². The maximum Gasteiger partial charge on any atom is 0.269 e. The highest BCUT2D eigenvalue weighted by Crippen LogP contribution is 2.47. The summed E-state index contributed by atoms with van der Waals surface area (Å²) in [5.41, 5.74) is 1.75. The van der Waals surface area contributed by atoms with Gasteiger partial charge in [0.1, 0.15) is 5.69 Å². The third-order valence-electron chi connectivity index (χ3n) is 3.61. The summed E-state index contributed by atoms with van der Waals surface area (Å²) in [7, 11) is 1.83.